The maximum Gasteiger partial charge on any atom is 0.344 e. The van der Waals surface area contributed by atoms with E-state index in [1.54, 1.807) is 0 Å². The Bertz CT molecular complexity index is 397. The monoisotopic (exact) mass is 328 g/mol. The number of rotatable bonds is 7. The Morgan fingerprint density at radius 1 is 0.957 bits per heavy atom. The molecule has 0 rings (SSSR count). The van der Waals surface area contributed by atoms with Gasteiger partial charge < -0.3 is 9.47 Å². The minimum atomic E-state index is -0.521. The van der Waals surface area contributed by atoms with Crippen LogP contribution in [-0.4, -0.2) is 24.1 Å². The van der Waals surface area contributed by atoms with Crippen LogP contribution in [0.1, 0.15) is 81.6 Å². The first-order valence-electron chi connectivity index (χ1n) is 8.56. The van der Waals surface area contributed by atoms with Crippen LogP contribution in [0.4, 0.5) is 0 Å². The molecule has 4 nitrogen and oxygen atoms in total. The van der Waals surface area contributed by atoms with E-state index in [9.17, 15) is 9.59 Å². The van der Waals surface area contributed by atoms with Gasteiger partial charge in [0.05, 0.1) is 5.92 Å². The molecule has 0 saturated heterocycles. The fourth-order valence-corrected chi connectivity index (χ4v) is 2.58. The van der Waals surface area contributed by atoms with Crippen LogP contribution in [0, 0.1) is 16.7 Å². The summed E-state index contributed by atoms with van der Waals surface area (Å²) in [4.78, 5) is 24.3. The molecule has 0 radical (unpaired) electrons. The van der Waals surface area contributed by atoms with Crippen molar-refractivity contribution in [3.8, 4) is 0 Å². The Morgan fingerprint density at radius 3 is 1.87 bits per heavy atom. The van der Waals surface area contributed by atoms with Gasteiger partial charge in [0.1, 0.15) is 5.60 Å². The summed E-state index contributed by atoms with van der Waals surface area (Å²) in [6.07, 6.45) is 2.42. The van der Waals surface area contributed by atoms with Crippen molar-refractivity contribution in [1.29, 1.82) is 0 Å². The molecule has 0 bridgehead atoms. The van der Waals surface area contributed by atoms with Crippen LogP contribution in [0.15, 0.2) is 0 Å². The second kappa shape index (κ2) is 8.16. The van der Waals surface area contributed by atoms with E-state index in [2.05, 4.69) is 20.8 Å². The van der Waals surface area contributed by atoms with Gasteiger partial charge in [-0.2, -0.15) is 0 Å². The van der Waals surface area contributed by atoms with Crippen molar-refractivity contribution in [2.45, 2.75) is 87.2 Å². The molecule has 4 heteroatoms. The van der Waals surface area contributed by atoms with Gasteiger partial charge in [0.2, 0.25) is 0 Å². The predicted octanol–water partition coefficient (Wildman–Crippen LogP) is 4.75. The molecule has 0 aliphatic carbocycles. The summed E-state index contributed by atoms with van der Waals surface area (Å²) >= 11 is 0. The normalized spacial score (nSPS) is 14.3. The highest BCUT2D eigenvalue weighted by Crippen LogP contribution is 2.36. The molecule has 0 aromatic rings. The van der Waals surface area contributed by atoms with Crippen molar-refractivity contribution in [2.24, 2.45) is 16.7 Å². The number of carbonyl (C=O) groups is 2. The van der Waals surface area contributed by atoms with Crippen molar-refractivity contribution in [1.82, 2.24) is 0 Å². The molecule has 23 heavy (non-hydrogen) atoms. The van der Waals surface area contributed by atoms with Gasteiger partial charge in [0.25, 0.3) is 0 Å². The number of ether oxygens (including phenoxy) is 2. The summed E-state index contributed by atoms with van der Waals surface area (Å²) in [6.45, 7) is 17.8. The Morgan fingerprint density at radius 2 is 1.48 bits per heavy atom. The molecule has 1 unspecified atom stereocenters. The lowest BCUT2D eigenvalue weighted by Crippen LogP contribution is -2.36. The highest BCUT2D eigenvalue weighted by Gasteiger charge is 2.36. The van der Waals surface area contributed by atoms with E-state index in [1.807, 2.05) is 41.5 Å². The fourth-order valence-electron chi connectivity index (χ4n) is 2.58. The zero-order valence-corrected chi connectivity index (χ0v) is 16.5. The summed E-state index contributed by atoms with van der Waals surface area (Å²) < 4.78 is 10.6. The molecule has 0 N–H and O–H groups in total. The summed E-state index contributed by atoms with van der Waals surface area (Å²) in [5, 5.41) is 0. The molecule has 0 aromatic heterocycles. The van der Waals surface area contributed by atoms with Crippen molar-refractivity contribution in [2.75, 3.05) is 6.61 Å². The van der Waals surface area contributed by atoms with Crippen molar-refractivity contribution >= 4 is 11.9 Å². The van der Waals surface area contributed by atoms with E-state index in [-0.39, 0.29) is 29.3 Å². The zero-order valence-electron chi connectivity index (χ0n) is 16.5. The van der Waals surface area contributed by atoms with Crippen molar-refractivity contribution in [3.05, 3.63) is 0 Å². The molecule has 0 heterocycles. The maximum absolute atomic E-state index is 12.4. The quantitative estimate of drug-likeness (QED) is 0.633. The Kier molecular flexibility index (Phi) is 7.79. The van der Waals surface area contributed by atoms with E-state index >= 15 is 0 Å². The van der Waals surface area contributed by atoms with Crippen molar-refractivity contribution in [3.63, 3.8) is 0 Å². The summed E-state index contributed by atoms with van der Waals surface area (Å²) in [5.74, 6) is -1.06. The average Bonchev–Trinajstić information content (AvgIpc) is 2.30. The van der Waals surface area contributed by atoms with E-state index in [1.165, 1.54) is 0 Å². The van der Waals surface area contributed by atoms with Gasteiger partial charge in [-0.05, 0) is 37.5 Å². The second-order valence-electron chi connectivity index (χ2n) is 9.27. The Labute approximate surface area is 142 Å². The van der Waals surface area contributed by atoms with Crippen LogP contribution >= 0.6 is 0 Å². The van der Waals surface area contributed by atoms with Gasteiger partial charge in [-0.15, -0.1) is 0 Å². The lowest BCUT2D eigenvalue weighted by molar-refractivity contribution is -0.171. The first-order chi connectivity index (χ1) is 10.2. The second-order valence-corrected chi connectivity index (χ2v) is 9.27. The van der Waals surface area contributed by atoms with E-state index in [4.69, 9.17) is 9.47 Å². The lowest BCUT2D eigenvalue weighted by atomic mass is 9.72. The molecule has 0 aromatic carbocycles. The molecule has 136 valence electrons. The number of hydrogen-bond acceptors (Lipinski definition) is 4. The van der Waals surface area contributed by atoms with Crippen LogP contribution in [0.5, 0.6) is 0 Å². The average molecular weight is 328 g/mol. The summed E-state index contributed by atoms with van der Waals surface area (Å²) in [7, 11) is 0. The highest BCUT2D eigenvalue weighted by molar-refractivity contribution is 5.78. The first kappa shape index (κ1) is 21.9. The summed E-state index contributed by atoms with van der Waals surface area (Å²) in [6, 6.07) is 0. The Hall–Kier alpha value is -1.06. The summed E-state index contributed by atoms with van der Waals surface area (Å²) in [5.41, 5.74) is -0.719. The standard InChI is InChI=1S/C19H36O4/c1-10-11-19(8,9)23-15(20)13-22-16(21)14(18(5,6)7)12-17(2,3)4/h14H,10-13H2,1-9H3. The van der Waals surface area contributed by atoms with E-state index < -0.39 is 11.6 Å². The molecule has 0 spiro atoms. The van der Waals surface area contributed by atoms with Gasteiger partial charge in [-0.25, -0.2) is 4.79 Å². The highest BCUT2D eigenvalue weighted by atomic mass is 16.6. The van der Waals surface area contributed by atoms with Crippen LogP contribution in [0.3, 0.4) is 0 Å². The number of esters is 2. The van der Waals surface area contributed by atoms with Gasteiger partial charge in [-0.1, -0.05) is 54.9 Å². The molecule has 0 aliphatic rings. The molecule has 0 amide bonds. The van der Waals surface area contributed by atoms with Crippen LogP contribution in [0.2, 0.25) is 0 Å². The Balaban J connectivity index is 4.68. The zero-order chi connectivity index (χ0) is 18.5. The third-order valence-electron chi connectivity index (χ3n) is 3.72. The van der Waals surface area contributed by atoms with Gasteiger partial charge >= 0.3 is 11.9 Å². The SMILES string of the molecule is CCCC(C)(C)OC(=O)COC(=O)C(CC(C)(C)C)C(C)(C)C. The molecular formula is C19H36O4. The minimum absolute atomic E-state index is 0.0145. The number of carbonyl (C=O) groups excluding carboxylic acids is 2. The largest absolute Gasteiger partial charge is 0.457 e. The maximum atomic E-state index is 12.4. The molecule has 0 saturated carbocycles. The molecule has 0 aliphatic heterocycles. The fraction of sp³-hybridized carbons (Fsp3) is 0.895. The minimum Gasteiger partial charge on any atom is -0.457 e. The van der Waals surface area contributed by atoms with Crippen LogP contribution < -0.4 is 0 Å². The topological polar surface area (TPSA) is 52.6 Å². The van der Waals surface area contributed by atoms with Gasteiger partial charge in [0.15, 0.2) is 6.61 Å². The molecular weight excluding hydrogens is 292 g/mol. The first-order valence-corrected chi connectivity index (χ1v) is 8.56. The molecule has 0 fully saturated rings. The van der Waals surface area contributed by atoms with Crippen LogP contribution in [0.25, 0.3) is 0 Å². The van der Waals surface area contributed by atoms with Crippen molar-refractivity contribution < 1.29 is 19.1 Å². The third kappa shape index (κ3) is 9.62. The van der Waals surface area contributed by atoms with Gasteiger partial charge in [-0.3, -0.25) is 4.79 Å². The van der Waals surface area contributed by atoms with Gasteiger partial charge in [0, 0.05) is 0 Å². The van der Waals surface area contributed by atoms with E-state index in [0.717, 1.165) is 12.8 Å². The lowest BCUT2D eigenvalue weighted by Gasteiger charge is -2.33. The third-order valence-corrected chi connectivity index (χ3v) is 3.72. The molecule has 1 atom stereocenters. The van der Waals surface area contributed by atoms with E-state index in [0.29, 0.717) is 6.42 Å². The smallest absolute Gasteiger partial charge is 0.344 e. The predicted molar refractivity (Wildman–Crippen MR) is 93.1 cm³/mol. The van der Waals surface area contributed by atoms with Crippen LogP contribution in [-0.2, 0) is 19.1 Å². The number of hydrogen-bond donors (Lipinski definition) is 0.